The van der Waals surface area contributed by atoms with Gasteiger partial charge in [0.05, 0.1) is 15.3 Å². The van der Waals surface area contributed by atoms with Crippen molar-refractivity contribution in [3.05, 3.63) is 57.2 Å². The van der Waals surface area contributed by atoms with Crippen LogP contribution in [0.2, 0.25) is 4.34 Å². The molecule has 1 saturated heterocycles. The third kappa shape index (κ3) is 6.47. The lowest BCUT2D eigenvalue weighted by molar-refractivity contribution is 0.0178. The molecule has 162 valence electrons. The van der Waals surface area contributed by atoms with Gasteiger partial charge in [-0.2, -0.15) is 0 Å². The summed E-state index contributed by atoms with van der Waals surface area (Å²) in [4.78, 5) is 27.4. The van der Waals surface area contributed by atoms with Crippen LogP contribution in [0, 0.1) is 5.92 Å². The molecule has 1 unspecified atom stereocenters. The monoisotopic (exact) mass is 448 g/mol. The second kappa shape index (κ2) is 9.84. The number of hydrogen-bond donors (Lipinski definition) is 1. The Morgan fingerprint density at radius 2 is 1.83 bits per heavy atom. The average Bonchev–Trinajstić information content (AvgIpc) is 3.14. The molecule has 30 heavy (non-hydrogen) atoms. The first kappa shape index (κ1) is 22.6. The molecule has 0 spiro atoms. The van der Waals surface area contributed by atoms with Crippen LogP contribution in [0.4, 0.5) is 4.79 Å². The van der Waals surface area contributed by atoms with Gasteiger partial charge in [0.15, 0.2) is 0 Å². The molecule has 0 aliphatic carbocycles. The second-order valence-corrected chi connectivity index (χ2v) is 10.4. The number of likely N-dealkylation sites (tertiary alicyclic amines) is 1. The van der Waals surface area contributed by atoms with E-state index in [1.807, 2.05) is 51.1 Å². The van der Waals surface area contributed by atoms with E-state index in [1.54, 1.807) is 17.0 Å². The Balaban J connectivity index is 1.62. The Kier molecular flexibility index (Phi) is 7.42. The maximum absolute atomic E-state index is 12.7. The van der Waals surface area contributed by atoms with Gasteiger partial charge in [0.25, 0.3) is 5.91 Å². The molecule has 1 fully saturated rings. The van der Waals surface area contributed by atoms with Crippen molar-refractivity contribution in [1.29, 1.82) is 0 Å². The Labute approximate surface area is 187 Å². The van der Waals surface area contributed by atoms with Crippen molar-refractivity contribution in [3.8, 4) is 0 Å². The minimum atomic E-state index is -0.485. The SMILES string of the molecule is CC(C)(C)OC(=O)N1CCC(CC(NC(=O)c2ccc(Cl)s2)c2ccccc2)CC1. The number of carbonyl (C=O) groups excluding carboxylic acids is 2. The number of benzene rings is 1. The molecule has 1 atom stereocenters. The predicted molar refractivity (Wildman–Crippen MR) is 121 cm³/mol. The van der Waals surface area contributed by atoms with Gasteiger partial charge in [-0.15, -0.1) is 11.3 Å². The first-order valence-corrected chi connectivity index (χ1v) is 11.5. The Morgan fingerprint density at radius 3 is 2.40 bits per heavy atom. The Hall–Kier alpha value is -2.05. The van der Waals surface area contributed by atoms with E-state index in [4.69, 9.17) is 16.3 Å². The topological polar surface area (TPSA) is 58.6 Å². The molecule has 3 rings (SSSR count). The maximum Gasteiger partial charge on any atom is 0.410 e. The zero-order valence-corrected chi connectivity index (χ0v) is 19.3. The van der Waals surface area contributed by atoms with Gasteiger partial charge in [-0.25, -0.2) is 4.79 Å². The van der Waals surface area contributed by atoms with Crippen molar-refractivity contribution in [2.24, 2.45) is 5.92 Å². The van der Waals surface area contributed by atoms with Crippen molar-refractivity contribution in [2.45, 2.75) is 51.7 Å². The second-order valence-electron chi connectivity index (χ2n) is 8.69. The molecule has 2 aromatic rings. The molecule has 1 aliphatic heterocycles. The zero-order chi connectivity index (χ0) is 21.7. The molecule has 0 radical (unpaired) electrons. The number of rotatable bonds is 5. The summed E-state index contributed by atoms with van der Waals surface area (Å²) in [7, 11) is 0. The number of thiophene rings is 1. The number of ether oxygens (including phenoxy) is 1. The van der Waals surface area contributed by atoms with Crippen LogP contribution in [0.5, 0.6) is 0 Å². The lowest BCUT2D eigenvalue weighted by Gasteiger charge is -2.35. The van der Waals surface area contributed by atoms with Crippen LogP contribution >= 0.6 is 22.9 Å². The minimum absolute atomic E-state index is 0.0855. The van der Waals surface area contributed by atoms with Gasteiger partial charge in [0.2, 0.25) is 0 Å². The predicted octanol–water partition coefficient (Wildman–Crippen LogP) is 5.91. The first-order chi connectivity index (χ1) is 14.2. The molecule has 1 aliphatic rings. The third-order valence-electron chi connectivity index (χ3n) is 5.14. The normalized spacial score (nSPS) is 16.2. The highest BCUT2D eigenvalue weighted by molar-refractivity contribution is 7.18. The molecular weight excluding hydrogens is 420 g/mol. The Bertz CT molecular complexity index is 855. The molecule has 2 amide bonds. The number of carbonyl (C=O) groups is 2. The molecule has 1 aromatic carbocycles. The molecule has 0 bridgehead atoms. The molecule has 1 N–H and O–H groups in total. The van der Waals surface area contributed by atoms with Gasteiger partial charge in [0.1, 0.15) is 5.60 Å². The third-order valence-corrected chi connectivity index (χ3v) is 6.37. The van der Waals surface area contributed by atoms with Crippen molar-refractivity contribution in [3.63, 3.8) is 0 Å². The van der Waals surface area contributed by atoms with Crippen molar-refractivity contribution < 1.29 is 14.3 Å². The summed E-state index contributed by atoms with van der Waals surface area (Å²) in [6, 6.07) is 13.4. The summed E-state index contributed by atoms with van der Waals surface area (Å²) in [5, 5.41) is 3.18. The largest absolute Gasteiger partial charge is 0.444 e. The molecule has 5 nitrogen and oxygen atoms in total. The molecule has 0 saturated carbocycles. The van der Waals surface area contributed by atoms with Crippen LogP contribution in [0.15, 0.2) is 42.5 Å². The highest BCUT2D eigenvalue weighted by atomic mass is 35.5. The lowest BCUT2D eigenvalue weighted by Crippen LogP contribution is -2.42. The quantitative estimate of drug-likeness (QED) is 0.618. The van der Waals surface area contributed by atoms with Crippen LogP contribution in [0.1, 0.15) is 61.3 Å². The average molecular weight is 449 g/mol. The van der Waals surface area contributed by atoms with Gasteiger partial charge in [-0.05, 0) is 63.6 Å². The Morgan fingerprint density at radius 1 is 1.17 bits per heavy atom. The maximum atomic E-state index is 12.7. The first-order valence-electron chi connectivity index (χ1n) is 10.3. The number of piperidine rings is 1. The van der Waals surface area contributed by atoms with Gasteiger partial charge < -0.3 is 15.0 Å². The minimum Gasteiger partial charge on any atom is -0.444 e. The summed E-state index contributed by atoms with van der Waals surface area (Å²) < 4.78 is 6.09. The smallest absolute Gasteiger partial charge is 0.410 e. The highest BCUT2D eigenvalue weighted by Gasteiger charge is 2.29. The van der Waals surface area contributed by atoms with Crippen molar-refractivity contribution >= 4 is 34.9 Å². The van der Waals surface area contributed by atoms with Gasteiger partial charge in [-0.1, -0.05) is 41.9 Å². The summed E-state index contributed by atoms with van der Waals surface area (Å²) in [5.41, 5.74) is 0.601. The van der Waals surface area contributed by atoms with E-state index in [2.05, 4.69) is 5.32 Å². The lowest BCUT2D eigenvalue weighted by atomic mass is 9.87. The summed E-state index contributed by atoms with van der Waals surface area (Å²) >= 11 is 7.27. The summed E-state index contributed by atoms with van der Waals surface area (Å²) in [6.07, 6.45) is 2.37. The van der Waals surface area contributed by atoms with Crippen LogP contribution in [-0.2, 0) is 4.74 Å². The van der Waals surface area contributed by atoms with E-state index in [-0.39, 0.29) is 18.0 Å². The molecular formula is C23H29ClN2O3S. The van der Waals surface area contributed by atoms with E-state index in [0.29, 0.717) is 28.2 Å². The van der Waals surface area contributed by atoms with E-state index in [9.17, 15) is 9.59 Å². The summed E-state index contributed by atoms with van der Waals surface area (Å²) in [6.45, 7) is 6.99. The van der Waals surface area contributed by atoms with Crippen LogP contribution in [0.3, 0.4) is 0 Å². The number of nitrogens with one attached hydrogen (secondary N) is 1. The molecule has 1 aromatic heterocycles. The van der Waals surface area contributed by atoms with Crippen molar-refractivity contribution in [1.82, 2.24) is 10.2 Å². The van der Waals surface area contributed by atoms with Crippen molar-refractivity contribution in [2.75, 3.05) is 13.1 Å². The van der Waals surface area contributed by atoms with Gasteiger partial charge in [-0.3, -0.25) is 4.79 Å². The number of halogens is 1. The number of hydrogen-bond acceptors (Lipinski definition) is 4. The van der Waals surface area contributed by atoms with E-state index in [0.717, 1.165) is 24.8 Å². The number of nitrogens with zero attached hydrogens (tertiary/aromatic N) is 1. The fraction of sp³-hybridized carbons (Fsp3) is 0.478. The molecule has 2 heterocycles. The van der Waals surface area contributed by atoms with Crippen LogP contribution in [0.25, 0.3) is 0 Å². The van der Waals surface area contributed by atoms with E-state index in [1.165, 1.54) is 11.3 Å². The van der Waals surface area contributed by atoms with Gasteiger partial charge in [0, 0.05) is 13.1 Å². The number of amides is 2. The highest BCUT2D eigenvalue weighted by Crippen LogP contribution is 2.30. The van der Waals surface area contributed by atoms with E-state index >= 15 is 0 Å². The van der Waals surface area contributed by atoms with Crippen LogP contribution < -0.4 is 5.32 Å². The fourth-order valence-electron chi connectivity index (χ4n) is 3.64. The van der Waals surface area contributed by atoms with E-state index < -0.39 is 5.60 Å². The zero-order valence-electron chi connectivity index (χ0n) is 17.7. The van der Waals surface area contributed by atoms with Gasteiger partial charge >= 0.3 is 6.09 Å². The summed E-state index contributed by atoms with van der Waals surface area (Å²) in [5.74, 6) is 0.313. The molecule has 7 heteroatoms. The van der Waals surface area contributed by atoms with Crippen LogP contribution in [-0.4, -0.2) is 35.6 Å². The standard InChI is InChI=1S/C23H29ClN2O3S/c1-23(2,3)29-22(28)26-13-11-16(12-14-26)15-18(17-7-5-4-6-8-17)25-21(27)19-9-10-20(24)30-19/h4-10,16,18H,11-15H2,1-3H3,(H,25,27). The fourth-order valence-corrected chi connectivity index (χ4v) is 4.59.